The molecule has 0 aliphatic heterocycles. The first-order chi connectivity index (χ1) is 9.69. The fourth-order valence-corrected chi connectivity index (χ4v) is 2.68. The van der Waals surface area contributed by atoms with Gasteiger partial charge in [0.05, 0.1) is 16.3 Å². The van der Waals surface area contributed by atoms with Gasteiger partial charge in [-0.05, 0) is 25.1 Å². The van der Waals surface area contributed by atoms with Gasteiger partial charge in [-0.25, -0.2) is 13.2 Å². The SMILES string of the molecule is C=CCS(=O)(=O)C(C)C(=O)Nc1ccc(Cl)c(C(=O)O)c1. The van der Waals surface area contributed by atoms with Crippen LogP contribution < -0.4 is 5.32 Å². The average molecular weight is 332 g/mol. The van der Waals surface area contributed by atoms with Crippen molar-refractivity contribution in [1.29, 1.82) is 0 Å². The molecule has 114 valence electrons. The third-order valence-electron chi connectivity index (χ3n) is 2.72. The van der Waals surface area contributed by atoms with Crippen LogP contribution in [0.2, 0.25) is 5.02 Å². The highest BCUT2D eigenvalue weighted by Gasteiger charge is 2.27. The Morgan fingerprint density at radius 2 is 2.10 bits per heavy atom. The second kappa shape index (κ2) is 6.73. The van der Waals surface area contributed by atoms with Crippen molar-refractivity contribution in [2.75, 3.05) is 11.1 Å². The molecule has 1 unspecified atom stereocenters. The summed E-state index contributed by atoms with van der Waals surface area (Å²) in [6.45, 7) is 4.57. The summed E-state index contributed by atoms with van der Waals surface area (Å²) in [5.41, 5.74) is -0.0291. The highest BCUT2D eigenvalue weighted by molar-refractivity contribution is 7.92. The van der Waals surface area contributed by atoms with Crippen LogP contribution in [0, 0.1) is 0 Å². The smallest absolute Gasteiger partial charge is 0.337 e. The standard InChI is InChI=1S/C13H14ClNO5S/c1-3-6-21(19,20)8(2)12(16)15-9-4-5-11(14)10(7-9)13(17)18/h3-5,7-8H,1,6H2,2H3,(H,15,16)(H,17,18). The monoisotopic (exact) mass is 331 g/mol. The van der Waals surface area contributed by atoms with E-state index in [1.807, 2.05) is 0 Å². The molecule has 8 heteroatoms. The molecule has 0 heterocycles. The molecule has 0 saturated heterocycles. The molecule has 1 aromatic carbocycles. The topological polar surface area (TPSA) is 101 Å². The highest BCUT2D eigenvalue weighted by atomic mass is 35.5. The summed E-state index contributed by atoms with van der Waals surface area (Å²) < 4.78 is 23.5. The van der Waals surface area contributed by atoms with Gasteiger partial charge in [0, 0.05) is 5.69 Å². The first-order valence-corrected chi connectivity index (χ1v) is 7.94. The number of nitrogens with one attached hydrogen (secondary N) is 1. The average Bonchev–Trinajstić information content (AvgIpc) is 2.39. The Hall–Kier alpha value is -1.86. The molecule has 0 aliphatic carbocycles. The van der Waals surface area contributed by atoms with Crippen molar-refractivity contribution in [1.82, 2.24) is 0 Å². The molecular weight excluding hydrogens is 318 g/mol. The summed E-state index contributed by atoms with van der Waals surface area (Å²) in [7, 11) is -3.64. The third kappa shape index (κ3) is 4.30. The molecule has 1 aromatic rings. The van der Waals surface area contributed by atoms with E-state index in [2.05, 4.69) is 11.9 Å². The van der Waals surface area contributed by atoms with Crippen molar-refractivity contribution in [3.8, 4) is 0 Å². The minimum absolute atomic E-state index is 0.0211. The number of halogens is 1. The molecule has 0 saturated carbocycles. The summed E-state index contributed by atoms with van der Waals surface area (Å²) in [5, 5.41) is 10.0. The summed E-state index contributed by atoms with van der Waals surface area (Å²) in [5.74, 6) is -2.32. The second-order valence-corrected chi connectivity index (χ2v) is 7.02. The van der Waals surface area contributed by atoms with Crippen LogP contribution in [0.4, 0.5) is 5.69 Å². The van der Waals surface area contributed by atoms with Crippen LogP contribution in [0.5, 0.6) is 0 Å². The Morgan fingerprint density at radius 3 is 2.62 bits per heavy atom. The van der Waals surface area contributed by atoms with Gasteiger partial charge in [0.25, 0.3) is 0 Å². The predicted octanol–water partition coefficient (Wildman–Crippen LogP) is 1.97. The largest absolute Gasteiger partial charge is 0.478 e. The first kappa shape index (κ1) is 17.2. The van der Waals surface area contributed by atoms with Crippen molar-refractivity contribution in [2.45, 2.75) is 12.2 Å². The zero-order valence-electron chi connectivity index (χ0n) is 11.2. The molecule has 0 bridgehead atoms. The summed E-state index contributed by atoms with van der Waals surface area (Å²) >= 11 is 5.70. The van der Waals surface area contributed by atoms with Crippen LogP contribution >= 0.6 is 11.6 Å². The molecule has 0 radical (unpaired) electrons. The van der Waals surface area contributed by atoms with Gasteiger partial charge in [-0.15, -0.1) is 6.58 Å². The van der Waals surface area contributed by atoms with Crippen LogP contribution in [0.15, 0.2) is 30.9 Å². The lowest BCUT2D eigenvalue weighted by Crippen LogP contribution is -2.33. The number of sulfone groups is 1. The molecule has 0 aromatic heterocycles. The molecule has 1 rings (SSSR count). The van der Waals surface area contributed by atoms with Gasteiger partial charge < -0.3 is 10.4 Å². The molecule has 0 aliphatic rings. The van der Waals surface area contributed by atoms with E-state index in [1.54, 1.807) is 0 Å². The number of hydrogen-bond acceptors (Lipinski definition) is 4. The maximum Gasteiger partial charge on any atom is 0.337 e. The fourth-order valence-electron chi connectivity index (χ4n) is 1.48. The number of aromatic carboxylic acids is 1. The van der Waals surface area contributed by atoms with Gasteiger partial charge in [0.2, 0.25) is 5.91 Å². The Morgan fingerprint density at radius 1 is 1.48 bits per heavy atom. The van der Waals surface area contributed by atoms with Crippen LogP contribution in [-0.2, 0) is 14.6 Å². The molecule has 21 heavy (non-hydrogen) atoms. The lowest BCUT2D eigenvalue weighted by Gasteiger charge is -2.12. The molecular formula is C13H14ClNO5S. The van der Waals surface area contributed by atoms with E-state index >= 15 is 0 Å². The van der Waals surface area contributed by atoms with Crippen molar-refractivity contribution >= 4 is 39.0 Å². The maximum atomic E-state index is 11.9. The Labute approximate surface area is 127 Å². The highest BCUT2D eigenvalue weighted by Crippen LogP contribution is 2.21. The number of carboxylic acids is 1. The van der Waals surface area contributed by atoms with E-state index < -0.39 is 27.0 Å². The number of amides is 1. The lowest BCUT2D eigenvalue weighted by molar-refractivity contribution is -0.115. The summed E-state index contributed by atoms with van der Waals surface area (Å²) in [6.07, 6.45) is 1.20. The van der Waals surface area contributed by atoms with E-state index in [0.717, 1.165) is 6.07 Å². The van der Waals surface area contributed by atoms with Gasteiger partial charge in [-0.1, -0.05) is 17.7 Å². The van der Waals surface area contributed by atoms with Gasteiger partial charge in [0.1, 0.15) is 5.25 Å². The van der Waals surface area contributed by atoms with Crippen LogP contribution in [-0.4, -0.2) is 36.4 Å². The van der Waals surface area contributed by atoms with E-state index in [1.165, 1.54) is 25.1 Å². The normalized spacial score (nSPS) is 12.5. The second-order valence-electron chi connectivity index (χ2n) is 4.25. The number of rotatable bonds is 6. The van der Waals surface area contributed by atoms with E-state index in [0.29, 0.717) is 0 Å². The van der Waals surface area contributed by atoms with Crippen LogP contribution in [0.3, 0.4) is 0 Å². The van der Waals surface area contributed by atoms with Crippen molar-refractivity contribution in [2.24, 2.45) is 0 Å². The zero-order chi connectivity index (χ0) is 16.2. The number of benzene rings is 1. The van der Waals surface area contributed by atoms with Crippen LogP contribution in [0.1, 0.15) is 17.3 Å². The van der Waals surface area contributed by atoms with Crippen molar-refractivity contribution in [3.05, 3.63) is 41.4 Å². The number of hydrogen-bond donors (Lipinski definition) is 2. The Balaban J connectivity index is 2.96. The number of carbonyl (C=O) groups is 2. The van der Waals surface area contributed by atoms with Crippen LogP contribution in [0.25, 0.3) is 0 Å². The zero-order valence-corrected chi connectivity index (χ0v) is 12.7. The first-order valence-electron chi connectivity index (χ1n) is 5.85. The van der Waals surface area contributed by atoms with Gasteiger partial charge in [0.15, 0.2) is 9.84 Å². The van der Waals surface area contributed by atoms with E-state index in [4.69, 9.17) is 16.7 Å². The van der Waals surface area contributed by atoms with Gasteiger partial charge in [-0.3, -0.25) is 4.79 Å². The molecule has 0 spiro atoms. The van der Waals surface area contributed by atoms with Gasteiger partial charge in [-0.2, -0.15) is 0 Å². The van der Waals surface area contributed by atoms with Gasteiger partial charge >= 0.3 is 5.97 Å². The lowest BCUT2D eigenvalue weighted by atomic mass is 10.2. The van der Waals surface area contributed by atoms with E-state index in [-0.39, 0.29) is 22.0 Å². The number of carbonyl (C=O) groups excluding carboxylic acids is 1. The number of anilines is 1. The van der Waals surface area contributed by atoms with E-state index in [9.17, 15) is 18.0 Å². The molecule has 6 nitrogen and oxygen atoms in total. The maximum absolute atomic E-state index is 11.9. The molecule has 1 atom stereocenters. The minimum Gasteiger partial charge on any atom is -0.478 e. The summed E-state index contributed by atoms with van der Waals surface area (Å²) in [4.78, 5) is 22.8. The Kier molecular flexibility index (Phi) is 5.51. The fraction of sp³-hybridized carbons (Fsp3) is 0.231. The van der Waals surface area contributed by atoms with Crippen molar-refractivity contribution in [3.63, 3.8) is 0 Å². The van der Waals surface area contributed by atoms with Crippen molar-refractivity contribution < 1.29 is 23.1 Å². The molecule has 1 amide bonds. The molecule has 2 N–H and O–H groups in total. The third-order valence-corrected chi connectivity index (χ3v) is 5.04. The summed E-state index contributed by atoms with van der Waals surface area (Å²) in [6, 6.07) is 3.86. The molecule has 0 fully saturated rings. The predicted molar refractivity (Wildman–Crippen MR) is 80.5 cm³/mol. The quantitative estimate of drug-likeness (QED) is 0.776. The number of carboxylic acid groups (broad SMARTS) is 1. The minimum atomic E-state index is -3.64. The Bertz CT molecular complexity index is 684.